The van der Waals surface area contributed by atoms with Crippen molar-refractivity contribution in [2.75, 3.05) is 6.61 Å². The van der Waals surface area contributed by atoms with Crippen LogP contribution >= 0.6 is 11.3 Å². The maximum atomic E-state index is 14.2. The van der Waals surface area contributed by atoms with Gasteiger partial charge in [0, 0.05) is 12.1 Å². The second-order valence-electron chi connectivity index (χ2n) is 5.86. The monoisotopic (exact) mass is 372 g/mol. The van der Waals surface area contributed by atoms with Crippen molar-refractivity contribution in [2.24, 2.45) is 4.99 Å². The average molecular weight is 372 g/mol. The second kappa shape index (κ2) is 8.27. The Morgan fingerprint density at radius 3 is 2.81 bits per heavy atom. The van der Waals surface area contributed by atoms with Gasteiger partial charge in [0.15, 0.2) is 4.80 Å². The number of para-hydroxylation sites is 1. The molecule has 0 unspecified atom stereocenters. The van der Waals surface area contributed by atoms with Crippen LogP contribution in [0, 0.1) is 5.82 Å². The highest BCUT2D eigenvalue weighted by molar-refractivity contribution is 7.16. The number of carbonyl (C=O) groups excluding carboxylic acids is 1. The number of nitrogens with zero attached hydrogens (tertiary/aromatic N) is 2. The first kappa shape index (κ1) is 18.3. The van der Waals surface area contributed by atoms with Crippen LogP contribution in [0.15, 0.2) is 47.5 Å². The van der Waals surface area contributed by atoms with Crippen LogP contribution < -0.4 is 9.54 Å². The van der Waals surface area contributed by atoms with E-state index in [0.717, 1.165) is 17.5 Å². The maximum absolute atomic E-state index is 14.2. The first-order valence-corrected chi connectivity index (χ1v) is 9.55. The topological polar surface area (TPSA) is 43.6 Å². The molecule has 0 atom stereocenters. The predicted octanol–water partition coefficient (Wildman–Crippen LogP) is 4.78. The van der Waals surface area contributed by atoms with Crippen LogP contribution in [0.25, 0.3) is 10.2 Å². The fourth-order valence-corrected chi connectivity index (χ4v) is 3.78. The number of hydrogen-bond acceptors (Lipinski definition) is 3. The Balaban J connectivity index is 1.95. The minimum Gasteiger partial charge on any atom is -0.494 e. The van der Waals surface area contributed by atoms with Crippen LogP contribution in [0.5, 0.6) is 5.75 Å². The van der Waals surface area contributed by atoms with Gasteiger partial charge in [0.25, 0.3) is 5.91 Å². The molecule has 6 heteroatoms. The zero-order valence-electron chi connectivity index (χ0n) is 14.9. The predicted molar refractivity (Wildman–Crippen MR) is 102 cm³/mol. The lowest BCUT2D eigenvalue weighted by atomic mass is 10.2. The van der Waals surface area contributed by atoms with Gasteiger partial charge in [0.2, 0.25) is 0 Å². The van der Waals surface area contributed by atoms with E-state index in [1.807, 2.05) is 19.1 Å². The summed E-state index contributed by atoms with van der Waals surface area (Å²) in [5.41, 5.74) is 0.947. The molecular weight excluding hydrogens is 351 g/mol. The van der Waals surface area contributed by atoms with Gasteiger partial charge in [-0.05, 0) is 43.7 Å². The van der Waals surface area contributed by atoms with Crippen LogP contribution in [0.1, 0.15) is 37.0 Å². The number of carbonyl (C=O) groups is 1. The normalized spacial score (nSPS) is 11.9. The zero-order valence-corrected chi connectivity index (χ0v) is 15.7. The lowest BCUT2D eigenvalue weighted by molar-refractivity contribution is 0.0997. The summed E-state index contributed by atoms with van der Waals surface area (Å²) < 4.78 is 22.3. The van der Waals surface area contributed by atoms with E-state index in [9.17, 15) is 9.18 Å². The summed E-state index contributed by atoms with van der Waals surface area (Å²) >= 11 is 1.31. The molecule has 0 N–H and O–H groups in total. The third-order valence-electron chi connectivity index (χ3n) is 4.01. The van der Waals surface area contributed by atoms with Crippen molar-refractivity contribution < 1.29 is 13.9 Å². The van der Waals surface area contributed by atoms with Gasteiger partial charge >= 0.3 is 0 Å². The summed E-state index contributed by atoms with van der Waals surface area (Å²) in [5, 5.41) is 0. The molecule has 1 heterocycles. The SMILES string of the molecule is CCCCOc1cccc(C(=O)N=c2sc3cccc(F)c3n2CC)c1. The van der Waals surface area contributed by atoms with E-state index in [0.29, 0.717) is 34.8 Å². The summed E-state index contributed by atoms with van der Waals surface area (Å²) in [7, 11) is 0. The number of halogens is 1. The summed E-state index contributed by atoms with van der Waals surface area (Å²) in [6.07, 6.45) is 2.01. The van der Waals surface area contributed by atoms with Crippen molar-refractivity contribution in [3.05, 3.63) is 58.6 Å². The Morgan fingerprint density at radius 2 is 2.04 bits per heavy atom. The second-order valence-corrected chi connectivity index (χ2v) is 6.87. The average Bonchev–Trinajstić information content (AvgIpc) is 3.00. The Kier molecular flexibility index (Phi) is 5.83. The van der Waals surface area contributed by atoms with E-state index < -0.39 is 0 Å². The molecule has 0 bridgehead atoms. The molecule has 0 spiro atoms. The van der Waals surface area contributed by atoms with Gasteiger partial charge in [-0.15, -0.1) is 0 Å². The molecule has 0 saturated heterocycles. The highest BCUT2D eigenvalue weighted by Gasteiger charge is 2.12. The third kappa shape index (κ3) is 3.85. The number of thiazole rings is 1. The summed E-state index contributed by atoms with van der Waals surface area (Å²) in [6.45, 7) is 5.16. The van der Waals surface area contributed by atoms with E-state index in [2.05, 4.69) is 11.9 Å². The van der Waals surface area contributed by atoms with Gasteiger partial charge in [0.05, 0.1) is 16.8 Å². The number of hydrogen-bond donors (Lipinski definition) is 0. The lowest BCUT2D eigenvalue weighted by Crippen LogP contribution is -2.16. The largest absolute Gasteiger partial charge is 0.494 e. The van der Waals surface area contributed by atoms with Crippen LogP contribution in [-0.4, -0.2) is 17.1 Å². The molecule has 3 rings (SSSR count). The van der Waals surface area contributed by atoms with Crippen molar-refractivity contribution in [3.8, 4) is 5.75 Å². The van der Waals surface area contributed by atoms with Crippen molar-refractivity contribution in [2.45, 2.75) is 33.2 Å². The highest BCUT2D eigenvalue weighted by atomic mass is 32.1. The van der Waals surface area contributed by atoms with Crippen molar-refractivity contribution >= 4 is 27.5 Å². The highest BCUT2D eigenvalue weighted by Crippen LogP contribution is 2.20. The number of fused-ring (bicyclic) bond motifs is 1. The smallest absolute Gasteiger partial charge is 0.279 e. The number of aromatic nitrogens is 1. The van der Waals surface area contributed by atoms with Crippen molar-refractivity contribution in [1.29, 1.82) is 0 Å². The molecule has 136 valence electrons. The zero-order chi connectivity index (χ0) is 18.5. The van der Waals surface area contributed by atoms with E-state index in [-0.39, 0.29) is 11.7 Å². The first-order valence-electron chi connectivity index (χ1n) is 8.73. The molecule has 1 aromatic heterocycles. The number of aryl methyl sites for hydroxylation is 1. The molecule has 0 saturated carbocycles. The Bertz CT molecular complexity index is 991. The number of benzene rings is 2. The van der Waals surface area contributed by atoms with Crippen molar-refractivity contribution in [3.63, 3.8) is 0 Å². The summed E-state index contributed by atoms with van der Waals surface area (Å²) in [6, 6.07) is 11.9. The van der Waals surface area contributed by atoms with Gasteiger partial charge in [-0.25, -0.2) is 4.39 Å². The van der Waals surface area contributed by atoms with Crippen LogP contribution in [0.2, 0.25) is 0 Å². The Morgan fingerprint density at radius 1 is 1.23 bits per heavy atom. The van der Waals surface area contributed by atoms with Gasteiger partial charge in [0.1, 0.15) is 11.6 Å². The lowest BCUT2D eigenvalue weighted by Gasteiger charge is -2.06. The molecule has 0 fully saturated rings. The third-order valence-corrected chi connectivity index (χ3v) is 5.06. The number of unbranched alkanes of at least 4 members (excludes halogenated alkanes) is 1. The molecule has 0 radical (unpaired) electrons. The van der Waals surface area contributed by atoms with Crippen molar-refractivity contribution in [1.82, 2.24) is 4.57 Å². The molecule has 4 nitrogen and oxygen atoms in total. The van der Waals surface area contributed by atoms with Gasteiger partial charge in [-0.2, -0.15) is 4.99 Å². The molecule has 2 aromatic carbocycles. The molecule has 1 amide bonds. The first-order chi connectivity index (χ1) is 12.6. The maximum Gasteiger partial charge on any atom is 0.279 e. The fourth-order valence-electron chi connectivity index (χ4n) is 2.67. The van der Waals surface area contributed by atoms with Crippen LogP contribution in [0.4, 0.5) is 4.39 Å². The molecule has 26 heavy (non-hydrogen) atoms. The minimum atomic E-state index is -0.361. The minimum absolute atomic E-state index is 0.305. The Labute approximate surface area is 155 Å². The van der Waals surface area contributed by atoms with Gasteiger partial charge in [-0.3, -0.25) is 4.79 Å². The van der Waals surface area contributed by atoms with Crippen LogP contribution in [0.3, 0.4) is 0 Å². The van der Waals surface area contributed by atoms with E-state index in [1.54, 1.807) is 28.8 Å². The van der Waals surface area contributed by atoms with E-state index in [4.69, 9.17) is 4.74 Å². The quantitative estimate of drug-likeness (QED) is 0.584. The fraction of sp³-hybridized carbons (Fsp3) is 0.300. The molecule has 0 aliphatic rings. The van der Waals surface area contributed by atoms with E-state index >= 15 is 0 Å². The summed E-state index contributed by atoms with van der Waals surface area (Å²) in [4.78, 5) is 17.3. The van der Waals surface area contributed by atoms with Gasteiger partial charge in [-0.1, -0.05) is 36.8 Å². The number of rotatable bonds is 6. The number of amides is 1. The van der Waals surface area contributed by atoms with Crippen LogP contribution in [-0.2, 0) is 6.54 Å². The molecule has 0 aliphatic heterocycles. The molecule has 0 aliphatic carbocycles. The van der Waals surface area contributed by atoms with E-state index in [1.165, 1.54) is 17.4 Å². The summed E-state index contributed by atoms with van der Waals surface area (Å²) in [5.74, 6) is -0.00817. The standard InChI is InChI=1S/C20H21FN2O2S/c1-3-5-12-25-15-9-6-8-14(13-15)19(24)22-20-23(4-2)18-16(21)10-7-11-17(18)26-20/h6-11,13H,3-5,12H2,1-2H3. The molecule has 3 aromatic rings. The van der Waals surface area contributed by atoms with Gasteiger partial charge < -0.3 is 9.30 Å². The number of ether oxygens (including phenoxy) is 1. The Hall–Kier alpha value is -2.47. The molecular formula is C20H21FN2O2S.